The number of aromatic nitrogens is 2. The summed E-state index contributed by atoms with van der Waals surface area (Å²) < 4.78 is 25.5. The highest BCUT2D eigenvalue weighted by molar-refractivity contribution is 7.91. The van der Waals surface area contributed by atoms with Crippen molar-refractivity contribution in [1.82, 2.24) is 14.5 Å². The Labute approximate surface area is 125 Å². The molecule has 0 bridgehead atoms. The van der Waals surface area contributed by atoms with Gasteiger partial charge >= 0.3 is 0 Å². The highest BCUT2D eigenvalue weighted by Gasteiger charge is 2.41. The molecule has 0 saturated carbocycles. The summed E-state index contributed by atoms with van der Waals surface area (Å²) in [6, 6.07) is -0.285. The third-order valence-corrected chi connectivity index (χ3v) is 6.30. The van der Waals surface area contributed by atoms with Gasteiger partial charge in [-0.15, -0.1) is 0 Å². The first kappa shape index (κ1) is 15.0. The Bertz CT molecular complexity index is 651. The minimum atomic E-state index is -3.11. The van der Waals surface area contributed by atoms with Crippen LogP contribution in [0, 0.1) is 0 Å². The van der Waals surface area contributed by atoms with Crippen molar-refractivity contribution >= 4 is 9.84 Å². The smallest absolute Gasteiger partial charge is 0.154 e. The summed E-state index contributed by atoms with van der Waals surface area (Å²) in [5.74, 6) is 1.39. The average molecular weight is 313 g/mol. The summed E-state index contributed by atoms with van der Waals surface area (Å²) in [5.41, 5.74) is 2.27. The summed E-state index contributed by atoms with van der Waals surface area (Å²) in [4.78, 5) is 6.80. The van der Waals surface area contributed by atoms with E-state index in [-0.39, 0.29) is 17.5 Å². The molecule has 1 fully saturated rings. The summed E-state index contributed by atoms with van der Waals surface area (Å²) in [5, 5.41) is 10.0. The molecule has 0 amide bonds. The van der Waals surface area contributed by atoms with Gasteiger partial charge in [0.1, 0.15) is 5.82 Å². The first-order valence-electron chi connectivity index (χ1n) is 7.45. The Morgan fingerprint density at radius 3 is 2.62 bits per heavy atom. The molecule has 1 aromatic rings. The number of hydrogen-bond donors (Lipinski definition) is 1. The Morgan fingerprint density at radius 1 is 1.33 bits per heavy atom. The lowest BCUT2D eigenvalue weighted by atomic mass is 10.1. The van der Waals surface area contributed by atoms with Crippen LogP contribution in [-0.2, 0) is 29.9 Å². The second-order valence-corrected chi connectivity index (χ2v) is 8.66. The van der Waals surface area contributed by atoms with E-state index in [9.17, 15) is 13.5 Å². The van der Waals surface area contributed by atoms with Crippen molar-refractivity contribution in [2.45, 2.75) is 44.9 Å². The SMILES string of the molecule is CC(C)c1nc2c(n1C)CCN(C1CS(=O)(=O)CC1O)C2. The molecule has 1 aromatic heterocycles. The number of rotatable bonds is 2. The first-order valence-corrected chi connectivity index (χ1v) is 9.27. The molecular formula is C14H23N3O3S. The molecule has 2 atom stereocenters. The quantitative estimate of drug-likeness (QED) is 0.835. The van der Waals surface area contributed by atoms with Crippen LogP contribution in [-0.4, -0.2) is 58.2 Å². The lowest BCUT2D eigenvalue weighted by molar-refractivity contribution is 0.0733. The summed E-state index contributed by atoms with van der Waals surface area (Å²) >= 11 is 0. The number of fused-ring (bicyclic) bond motifs is 1. The molecule has 6 nitrogen and oxygen atoms in total. The molecular weight excluding hydrogens is 290 g/mol. The number of imidazole rings is 1. The predicted octanol–water partition coefficient (Wildman–Crippen LogP) is 0.0595. The minimum absolute atomic E-state index is 0.0629. The van der Waals surface area contributed by atoms with E-state index < -0.39 is 15.9 Å². The zero-order chi connectivity index (χ0) is 15.4. The molecule has 118 valence electrons. The fraction of sp³-hybridized carbons (Fsp3) is 0.786. The highest BCUT2D eigenvalue weighted by atomic mass is 32.2. The topological polar surface area (TPSA) is 75.4 Å². The average Bonchev–Trinajstić information content (AvgIpc) is 2.86. The van der Waals surface area contributed by atoms with Crippen LogP contribution in [0.4, 0.5) is 0 Å². The molecule has 3 rings (SSSR count). The van der Waals surface area contributed by atoms with Gasteiger partial charge in [-0.05, 0) is 0 Å². The van der Waals surface area contributed by atoms with Gasteiger partial charge in [-0.3, -0.25) is 4.90 Å². The van der Waals surface area contributed by atoms with Crippen molar-refractivity contribution in [3.63, 3.8) is 0 Å². The summed E-state index contributed by atoms with van der Waals surface area (Å²) in [6.07, 6.45) is 0.0827. The number of aliphatic hydroxyl groups excluding tert-OH is 1. The van der Waals surface area contributed by atoms with E-state index in [2.05, 4.69) is 23.3 Å². The summed E-state index contributed by atoms with van der Waals surface area (Å²) in [6.45, 7) is 5.66. The van der Waals surface area contributed by atoms with Crippen LogP contribution in [0.3, 0.4) is 0 Å². The maximum Gasteiger partial charge on any atom is 0.154 e. The largest absolute Gasteiger partial charge is 0.390 e. The van der Waals surface area contributed by atoms with Gasteiger partial charge in [0.25, 0.3) is 0 Å². The molecule has 0 spiro atoms. The zero-order valence-electron chi connectivity index (χ0n) is 12.8. The molecule has 7 heteroatoms. The van der Waals surface area contributed by atoms with E-state index in [0.29, 0.717) is 12.5 Å². The lowest BCUT2D eigenvalue weighted by Crippen LogP contribution is -2.45. The van der Waals surface area contributed by atoms with Gasteiger partial charge in [-0.25, -0.2) is 13.4 Å². The lowest BCUT2D eigenvalue weighted by Gasteiger charge is -2.32. The van der Waals surface area contributed by atoms with E-state index in [4.69, 9.17) is 4.98 Å². The van der Waals surface area contributed by atoms with E-state index in [0.717, 1.165) is 24.5 Å². The van der Waals surface area contributed by atoms with E-state index in [1.54, 1.807) is 0 Å². The Balaban J connectivity index is 1.84. The van der Waals surface area contributed by atoms with Gasteiger partial charge in [-0.2, -0.15) is 0 Å². The van der Waals surface area contributed by atoms with Crippen LogP contribution in [0.25, 0.3) is 0 Å². The molecule has 2 aliphatic heterocycles. The van der Waals surface area contributed by atoms with E-state index in [1.165, 1.54) is 5.69 Å². The van der Waals surface area contributed by atoms with Crippen molar-refractivity contribution in [2.75, 3.05) is 18.1 Å². The number of nitrogens with zero attached hydrogens (tertiary/aromatic N) is 3. The molecule has 3 heterocycles. The van der Waals surface area contributed by atoms with E-state index in [1.807, 2.05) is 7.05 Å². The van der Waals surface area contributed by atoms with Gasteiger partial charge in [0, 0.05) is 38.2 Å². The molecule has 1 saturated heterocycles. The maximum absolute atomic E-state index is 11.7. The van der Waals surface area contributed by atoms with E-state index >= 15 is 0 Å². The van der Waals surface area contributed by atoms with Crippen molar-refractivity contribution in [1.29, 1.82) is 0 Å². The summed E-state index contributed by atoms with van der Waals surface area (Å²) in [7, 11) is -1.06. The van der Waals surface area contributed by atoms with Crippen LogP contribution in [0.2, 0.25) is 0 Å². The van der Waals surface area contributed by atoms with Gasteiger partial charge in [0.2, 0.25) is 0 Å². The Hall–Kier alpha value is -0.920. The van der Waals surface area contributed by atoms with Crippen molar-refractivity contribution in [2.24, 2.45) is 7.05 Å². The van der Waals surface area contributed by atoms with Crippen molar-refractivity contribution in [3.05, 3.63) is 17.2 Å². The first-order chi connectivity index (χ1) is 9.78. The van der Waals surface area contributed by atoms with Gasteiger partial charge < -0.3 is 9.67 Å². The normalized spacial score (nSPS) is 29.0. The monoisotopic (exact) mass is 313 g/mol. The highest BCUT2D eigenvalue weighted by Crippen LogP contribution is 2.27. The van der Waals surface area contributed by atoms with Gasteiger partial charge in [-0.1, -0.05) is 13.8 Å². The molecule has 2 aliphatic rings. The van der Waals surface area contributed by atoms with Crippen LogP contribution < -0.4 is 0 Å². The van der Waals surface area contributed by atoms with Crippen LogP contribution in [0.15, 0.2) is 0 Å². The molecule has 0 aromatic carbocycles. The fourth-order valence-corrected chi connectivity index (χ4v) is 5.36. The number of hydrogen-bond acceptors (Lipinski definition) is 5. The third-order valence-electron chi connectivity index (χ3n) is 4.60. The molecule has 0 aliphatic carbocycles. The second-order valence-electron chi connectivity index (χ2n) is 6.51. The number of sulfone groups is 1. The number of aliphatic hydroxyl groups is 1. The molecule has 1 N–H and O–H groups in total. The van der Waals surface area contributed by atoms with Gasteiger partial charge in [0.05, 0.1) is 29.3 Å². The third kappa shape index (κ3) is 2.62. The molecule has 0 radical (unpaired) electrons. The molecule has 21 heavy (non-hydrogen) atoms. The standard InChI is InChI=1S/C14H23N3O3S/c1-9(2)14-15-10-6-17(5-4-11(10)16(14)3)12-7-21(19,20)8-13(12)18/h9,12-13,18H,4-8H2,1-3H3. The maximum atomic E-state index is 11.7. The second kappa shape index (κ2) is 5.07. The molecule has 2 unspecified atom stereocenters. The Morgan fingerprint density at radius 2 is 2.05 bits per heavy atom. The fourth-order valence-electron chi connectivity index (χ4n) is 3.53. The van der Waals surface area contributed by atoms with Crippen molar-refractivity contribution in [3.8, 4) is 0 Å². The zero-order valence-corrected chi connectivity index (χ0v) is 13.6. The van der Waals surface area contributed by atoms with Crippen molar-refractivity contribution < 1.29 is 13.5 Å². The predicted molar refractivity (Wildman–Crippen MR) is 79.9 cm³/mol. The van der Waals surface area contributed by atoms with Crippen LogP contribution in [0.1, 0.15) is 37.0 Å². The Kier molecular flexibility index (Phi) is 3.62. The van der Waals surface area contributed by atoms with Crippen LogP contribution in [0.5, 0.6) is 0 Å². The minimum Gasteiger partial charge on any atom is -0.390 e. The van der Waals surface area contributed by atoms with Gasteiger partial charge in [0.15, 0.2) is 9.84 Å². The van der Waals surface area contributed by atoms with Crippen LogP contribution >= 0.6 is 0 Å².